The number of methoxy groups -OCH3 is 3. The number of benzene rings is 2. The van der Waals surface area contributed by atoms with Gasteiger partial charge < -0.3 is 29.2 Å². The molecule has 0 heterocycles. The highest BCUT2D eigenvalue weighted by molar-refractivity contribution is 5.92. The summed E-state index contributed by atoms with van der Waals surface area (Å²) >= 11 is 0. The van der Waals surface area contributed by atoms with Gasteiger partial charge in [0.2, 0.25) is 11.7 Å². The normalized spacial score (nSPS) is 10.6. The van der Waals surface area contributed by atoms with Crippen LogP contribution in [0.1, 0.15) is 25.8 Å². The number of rotatable bonds is 13. The first kappa shape index (κ1) is 24.3. The molecule has 0 saturated heterocycles. The Morgan fingerprint density at radius 3 is 2.26 bits per heavy atom. The number of ether oxygens (including phenoxy) is 4. The molecule has 0 spiro atoms. The molecule has 0 unspecified atom stereocenters. The van der Waals surface area contributed by atoms with Gasteiger partial charge in [-0.05, 0) is 43.3 Å². The topological polar surface area (TPSA) is 69.3 Å². The summed E-state index contributed by atoms with van der Waals surface area (Å²) in [7, 11) is 4.71. The van der Waals surface area contributed by atoms with Crippen LogP contribution in [0.5, 0.6) is 23.0 Å². The van der Waals surface area contributed by atoms with E-state index in [2.05, 4.69) is 24.1 Å². The maximum absolute atomic E-state index is 12.6. The number of carbonyl (C=O) groups excluding carboxylic acids is 1. The van der Waals surface area contributed by atoms with Crippen molar-refractivity contribution in [1.29, 1.82) is 0 Å². The molecule has 2 aromatic carbocycles. The van der Waals surface area contributed by atoms with Crippen LogP contribution in [-0.2, 0) is 11.2 Å². The van der Waals surface area contributed by atoms with E-state index in [0.717, 1.165) is 25.2 Å². The van der Waals surface area contributed by atoms with Crippen molar-refractivity contribution in [1.82, 2.24) is 4.90 Å². The standard InChI is InChI=1S/C24H34N2O5/c1-6-26(7-2)16-17-31-20-11-9-8-10-19(20)25-22(27)15-13-18-12-14-21(28-3)24(30-5)23(18)29-4/h8-12,14H,6-7,13,15-17H2,1-5H3,(H,25,27). The minimum atomic E-state index is -0.100. The minimum Gasteiger partial charge on any atom is -0.493 e. The van der Waals surface area contributed by atoms with Gasteiger partial charge in [-0.15, -0.1) is 0 Å². The first-order valence-corrected chi connectivity index (χ1v) is 10.6. The molecular formula is C24H34N2O5. The average Bonchev–Trinajstić information content (AvgIpc) is 2.80. The second kappa shape index (κ2) is 12.7. The van der Waals surface area contributed by atoms with E-state index in [0.29, 0.717) is 48.1 Å². The molecule has 31 heavy (non-hydrogen) atoms. The van der Waals surface area contributed by atoms with E-state index in [9.17, 15) is 4.79 Å². The zero-order valence-electron chi connectivity index (χ0n) is 19.2. The maximum atomic E-state index is 12.6. The molecule has 0 fully saturated rings. The van der Waals surface area contributed by atoms with Crippen molar-refractivity contribution in [2.24, 2.45) is 0 Å². The number of nitrogens with zero attached hydrogens (tertiary/aromatic N) is 1. The molecule has 2 aromatic rings. The van der Waals surface area contributed by atoms with E-state index in [-0.39, 0.29) is 5.91 Å². The van der Waals surface area contributed by atoms with E-state index in [1.165, 1.54) is 0 Å². The summed E-state index contributed by atoms with van der Waals surface area (Å²) in [6, 6.07) is 11.2. The molecule has 1 amide bonds. The monoisotopic (exact) mass is 430 g/mol. The Morgan fingerprint density at radius 2 is 1.61 bits per heavy atom. The fourth-order valence-electron chi connectivity index (χ4n) is 3.34. The molecule has 1 N–H and O–H groups in total. The van der Waals surface area contributed by atoms with Crippen molar-refractivity contribution >= 4 is 11.6 Å². The van der Waals surface area contributed by atoms with Gasteiger partial charge in [-0.3, -0.25) is 4.79 Å². The molecule has 0 aliphatic heterocycles. The van der Waals surface area contributed by atoms with Crippen molar-refractivity contribution in [3.8, 4) is 23.0 Å². The van der Waals surface area contributed by atoms with Gasteiger partial charge in [0.15, 0.2) is 11.5 Å². The first-order valence-electron chi connectivity index (χ1n) is 10.6. The van der Waals surface area contributed by atoms with Crippen LogP contribution in [0.25, 0.3) is 0 Å². The van der Waals surface area contributed by atoms with E-state index in [1.54, 1.807) is 21.3 Å². The van der Waals surface area contributed by atoms with Gasteiger partial charge in [-0.1, -0.05) is 32.0 Å². The van der Waals surface area contributed by atoms with Crippen LogP contribution >= 0.6 is 0 Å². The number of aryl methyl sites for hydroxylation is 1. The summed E-state index contributed by atoms with van der Waals surface area (Å²) in [5.41, 5.74) is 1.55. The van der Waals surface area contributed by atoms with Gasteiger partial charge in [-0.25, -0.2) is 0 Å². The van der Waals surface area contributed by atoms with E-state index in [1.807, 2.05) is 36.4 Å². The number of nitrogens with one attached hydrogen (secondary N) is 1. The van der Waals surface area contributed by atoms with E-state index >= 15 is 0 Å². The second-order valence-electron chi connectivity index (χ2n) is 6.91. The van der Waals surface area contributed by atoms with Gasteiger partial charge in [-0.2, -0.15) is 0 Å². The third kappa shape index (κ3) is 6.79. The van der Waals surface area contributed by atoms with Crippen LogP contribution in [-0.4, -0.2) is 58.4 Å². The Kier molecular flexibility index (Phi) is 9.97. The summed E-state index contributed by atoms with van der Waals surface area (Å²) in [4.78, 5) is 14.9. The average molecular weight is 431 g/mol. The summed E-state index contributed by atoms with van der Waals surface area (Å²) in [6.45, 7) is 7.64. The van der Waals surface area contributed by atoms with Gasteiger partial charge in [0.1, 0.15) is 12.4 Å². The quantitative estimate of drug-likeness (QED) is 0.518. The Balaban J connectivity index is 1.99. The number of anilines is 1. The highest BCUT2D eigenvalue weighted by atomic mass is 16.5. The van der Waals surface area contributed by atoms with Gasteiger partial charge >= 0.3 is 0 Å². The van der Waals surface area contributed by atoms with Crippen LogP contribution in [0, 0.1) is 0 Å². The highest BCUT2D eigenvalue weighted by Crippen LogP contribution is 2.40. The molecule has 0 atom stereocenters. The Labute approximate surface area is 185 Å². The molecular weight excluding hydrogens is 396 g/mol. The van der Waals surface area contributed by atoms with Crippen molar-refractivity contribution in [3.63, 3.8) is 0 Å². The Morgan fingerprint density at radius 1 is 0.903 bits per heavy atom. The molecule has 170 valence electrons. The lowest BCUT2D eigenvalue weighted by atomic mass is 10.1. The third-order valence-electron chi connectivity index (χ3n) is 5.13. The molecule has 0 aromatic heterocycles. The van der Waals surface area contributed by atoms with Gasteiger partial charge in [0, 0.05) is 13.0 Å². The zero-order chi connectivity index (χ0) is 22.6. The van der Waals surface area contributed by atoms with Crippen LogP contribution in [0.2, 0.25) is 0 Å². The van der Waals surface area contributed by atoms with Crippen LogP contribution in [0.3, 0.4) is 0 Å². The van der Waals surface area contributed by atoms with E-state index < -0.39 is 0 Å². The predicted octanol–water partition coefficient (Wildman–Crippen LogP) is 4.00. The van der Waals surface area contributed by atoms with Crippen molar-refractivity contribution in [3.05, 3.63) is 42.0 Å². The van der Waals surface area contributed by atoms with Crippen LogP contribution in [0.15, 0.2) is 36.4 Å². The molecule has 7 nitrogen and oxygen atoms in total. The van der Waals surface area contributed by atoms with Crippen molar-refractivity contribution in [2.45, 2.75) is 26.7 Å². The number of hydrogen-bond donors (Lipinski definition) is 1. The Bertz CT molecular complexity index is 837. The molecule has 0 radical (unpaired) electrons. The lowest BCUT2D eigenvalue weighted by Gasteiger charge is -2.19. The fourth-order valence-corrected chi connectivity index (χ4v) is 3.34. The third-order valence-corrected chi connectivity index (χ3v) is 5.13. The molecule has 0 bridgehead atoms. The summed E-state index contributed by atoms with van der Waals surface area (Å²) < 4.78 is 22.1. The molecule has 2 rings (SSSR count). The van der Waals surface area contributed by atoms with Crippen molar-refractivity contribution < 1.29 is 23.7 Å². The zero-order valence-corrected chi connectivity index (χ0v) is 19.2. The highest BCUT2D eigenvalue weighted by Gasteiger charge is 2.17. The van der Waals surface area contributed by atoms with Gasteiger partial charge in [0.25, 0.3) is 0 Å². The molecule has 7 heteroatoms. The van der Waals surface area contributed by atoms with Crippen LogP contribution < -0.4 is 24.3 Å². The predicted molar refractivity (Wildman–Crippen MR) is 123 cm³/mol. The number of para-hydroxylation sites is 2. The lowest BCUT2D eigenvalue weighted by Crippen LogP contribution is -2.28. The number of amides is 1. The first-order chi connectivity index (χ1) is 15.1. The van der Waals surface area contributed by atoms with Crippen LogP contribution in [0.4, 0.5) is 5.69 Å². The lowest BCUT2D eigenvalue weighted by molar-refractivity contribution is -0.116. The summed E-state index contributed by atoms with van der Waals surface area (Å²) in [5, 5.41) is 2.96. The summed E-state index contributed by atoms with van der Waals surface area (Å²) in [5.74, 6) is 2.26. The van der Waals surface area contributed by atoms with E-state index in [4.69, 9.17) is 18.9 Å². The number of likely N-dealkylation sites (N-methyl/N-ethyl adjacent to an activating group) is 1. The SMILES string of the molecule is CCN(CC)CCOc1ccccc1NC(=O)CCc1ccc(OC)c(OC)c1OC. The maximum Gasteiger partial charge on any atom is 0.224 e. The summed E-state index contributed by atoms with van der Waals surface area (Å²) in [6.07, 6.45) is 0.792. The second-order valence-corrected chi connectivity index (χ2v) is 6.91. The molecule has 0 aliphatic rings. The molecule has 0 saturated carbocycles. The Hall–Kier alpha value is -2.93. The fraction of sp³-hybridized carbons (Fsp3) is 0.458. The molecule has 0 aliphatic carbocycles. The van der Waals surface area contributed by atoms with Gasteiger partial charge in [0.05, 0.1) is 27.0 Å². The number of hydrogen-bond acceptors (Lipinski definition) is 6. The van der Waals surface area contributed by atoms with Crippen molar-refractivity contribution in [2.75, 3.05) is 52.9 Å². The smallest absolute Gasteiger partial charge is 0.224 e. The number of carbonyl (C=O) groups is 1. The minimum absolute atomic E-state index is 0.100. The largest absolute Gasteiger partial charge is 0.493 e.